The predicted octanol–water partition coefficient (Wildman–Crippen LogP) is 1.61. The number of urea groups is 1. The van der Waals surface area contributed by atoms with Crippen molar-refractivity contribution in [3.8, 4) is 0 Å². The summed E-state index contributed by atoms with van der Waals surface area (Å²) in [5.74, 6) is -1.66. The minimum atomic E-state index is -1.18. The van der Waals surface area contributed by atoms with Gasteiger partial charge in [-0.25, -0.2) is 9.59 Å². The van der Waals surface area contributed by atoms with Crippen LogP contribution < -0.4 is 5.32 Å². The van der Waals surface area contributed by atoms with Crippen molar-refractivity contribution < 1.29 is 24.2 Å². The first-order valence-electron chi connectivity index (χ1n) is 6.92. The number of nitrogens with one attached hydrogen (secondary N) is 1. The fourth-order valence-corrected chi connectivity index (χ4v) is 1.40. The van der Waals surface area contributed by atoms with Crippen molar-refractivity contribution in [3.05, 3.63) is 0 Å². The molecule has 122 valence electrons. The maximum atomic E-state index is 11.8. The van der Waals surface area contributed by atoms with E-state index < -0.39 is 29.6 Å². The summed E-state index contributed by atoms with van der Waals surface area (Å²) < 4.78 is 5.10. The monoisotopic (exact) mass is 302 g/mol. The van der Waals surface area contributed by atoms with Gasteiger partial charge in [0.2, 0.25) is 0 Å². The van der Waals surface area contributed by atoms with Crippen molar-refractivity contribution in [2.45, 2.75) is 65.1 Å². The van der Waals surface area contributed by atoms with Gasteiger partial charge >= 0.3 is 18.0 Å². The number of hydrogen-bond donors (Lipinski definition) is 2. The van der Waals surface area contributed by atoms with Crippen LogP contribution in [-0.4, -0.2) is 52.7 Å². The molecule has 0 saturated carbocycles. The lowest BCUT2D eigenvalue weighted by atomic mass is 10.1. The summed E-state index contributed by atoms with van der Waals surface area (Å²) in [5.41, 5.74) is -0.614. The average molecular weight is 302 g/mol. The van der Waals surface area contributed by atoms with E-state index in [1.807, 2.05) is 13.8 Å². The molecule has 0 aromatic carbocycles. The standard InChI is InChI=1S/C14H26N2O5/c1-9(2)16(6)13(20)15-10(12(18)19)7-8-11(17)21-14(3,4)5/h9-10H,7-8H2,1-6H3,(H,15,20)(H,18,19)/t10-/m1/s1. The lowest BCUT2D eigenvalue weighted by Gasteiger charge is -2.24. The summed E-state index contributed by atoms with van der Waals surface area (Å²) in [7, 11) is 1.58. The third-order valence-corrected chi connectivity index (χ3v) is 2.75. The number of esters is 1. The Morgan fingerprint density at radius 3 is 2.14 bits per heavy atom. The van der Waals surface area contributed by atoms with Crippen molar-refractivity contribution >= 4 is 18.0 Å². The molecule has 1 atom stereocenters. The molecule has 0 saturated heterocycles. The molecule has 0 aliphatic carbocycles. The molecule has 2 amide bonds. The van der Waals surface area contributed by atoms with E-state index in [0.717, 1.165) is 0 Å². The zero-order valence-electron chi connectivity index (χ0n) is 13.6. The second-order valence-electron chi connectivity index (χ2n) is 6.17. The van der Waals surface area contributed by atoms with Crippen LogP contribution in [0.3, 0.4) is 0 Å². The van der Waals surface area contributed by atoms with Gasteiger partial charge in [0.25, 0.3) is 0 Å². The van der Waals surface area contributed by atoms with E-state index in [9.17, 15) is 14.4 Å². The Morgan fingerprint density at radius 2 is 1.76 bits per heavy atom. The first-order chi connectivity index (χ1) is 9.44. The van der Waals surface area contributed by atoms with E-state index >= 15 is 0 Å². The highest BCUT2D eigenvalue weighted by atomic mass is 16.6. The molecule has 0 bridgehead atoms. The Morgan fingerprint density at radius 1 is 1.24 bits per heavy atom. The van der Waals surface area contributed by atoms with Gasteiger partial charge in [-0.2, -0.15) is 0 Å². The molecule has 0 aromatic rings. The third-order valence-electron chi connectivity index (χ3n) is 2.75. The summed E-state index contributed by atoms with van der Waals surface area (Å²) in [6.07, 6.45) is -0.0815. The first kappa shape index (κ1) is 19.2. The summed E-state index contributed by atoms with van der Waals surface area (Å²) >= 11 is 0. The van der Waals surface area contributed by atoms with Gasteiger partial charge in [0, 0.05) is 19.5 Å². The summed E-state index contributed by atoms with van der Waals surface area (Å²) in [6, 6.07) is -1.65. The van der Waals surface area contributed by atoms with Crippen LogP contribution in [0.1, 0.15) is 47.5 Å². The molecular formula is C14H26N2O5. The van der Waals surface area contributed by atoms with Crippen molar-refractivity contribution in [3.63, 3.8) is 0 Å². The Bertz CT molecular complexity index is 387. The van der Waals surface area contributed by atoms with Gasteiger partial charge in [-0.1, -0.05) is 0 Å². The second kappa shape index (κ2) is 7.85. The molecule has 0 heterocycles. The number of hydrogen-bond acceptors (Lipinski definition) is 4. The predicted molar refractivity (Wildman–Crippen MR) is 77.9 cm³/mol. The van der Waals surface area contributed by atoms with E-state index in [4.69, 9.17) is 9.84 Å². The van der Waals surface area contributed by atoms with Gasteiger partial charge in [-0.05, 0) is 41.0 Å². The summed E-state index contributed by atoms with van der Waals surface area (Å²) in [6.45, 7) is 8.84. The van der Waals surface area contributed by atoms with Crippen LogP contribution in [0.5, 0.6) is 0 Å². The van der Waals surface area contributed by atoms with Crippen LogP contribution in [0.15, 0.2) is 0 Å². The highest BCUT2D eigenvalue weighted by molar-refractivity contribution is 5.83. The summed E-state index contributed by atoms with van der Waals surface area (Å²) in [5, 5.41) is 11.5. The minimum Gasteiger partial charge on any atom is -0.480 e. The Hall–Kier alpha value is -1.79. The SMILES string of the molecule is CC(C)N(C)C(=O)N[C@H](CCC(=O)OC(C)(C)C)C(=O)O. The van der Waals surface area contributed by atoms with Crippen LogP contribution in [0.25, 0.3) is 0 Å². The van der Waals surface area contributed by atoms with E-state index in [2.05, 4.69) is 5.32 Å². The number of nitrogens with zero attached hydrogens (tertiary/aromatic N) is 1. The van der Waals surface area contributed by atoms with Crippen LogP contribution in [-0.2, 0) is 14.3 Å². The normalized spacial score (nSPS) is 12.7. The lowest BCUT2D eigenvalue weighted by molar-refractivity contribution is -0.155. The zero-order valence-corrected chi connectivity index (χ0v) is 13.6. The van der Waals surface area contributed by atoms with Gasteiger partial charge < -0.3 is 20.1 Å². The van der Waals surface area contributed by atoms with Crippen LogP contribution in [0.4, 0.5) is 4.79 Å². The molecule has 7 nitrogen and oxygen atoms in total. The quantitative estimate of drug-likeness (QED) is 0.727. The largest absolute Gasteiger partial charge is 0.480 e. The van der Waals surface area contributed by atoms with Crippen molar-refractivity contribution in [2.75, 3.05) is 7.05 Å². The number of carboxylic acid groups (broad SMARTS) is 1. The van der Waals surface area contributed by atoms with Crippen LogP contribution in [0, 0.1) is 0 Å². The van der Waals surface area contributed by atoms with E-state index in [1.54, 1.807) is 27.8 Å². The van der Waals surface area contributed by atoms with Crippen LogP contribution >= 0.6 is 0 Å². The first-order valence-corrected chi connectivity index (χ1v) is 6.92. The highest BCUT2D eigenvalue weighted by Gasteiger charge is 2.25. The topological polar surface area (TPSA) is 95.9 Å². The molecule has 0 unspecified atom stereocenters. The number of carbonyl (C=O) groups is 3. The smallest absolute Gasteiger partial charge is 0.326 e. The van der Waals surface area contributed by atoms with Crippen LogP contribution in [0.2, 0.25) is 0 Å². The maximum Gasteiger partial charge on any atom is 0.326 e. The van der Waals surface area contributed by atoms with E-state index in [-0.39, 0.29) is 18.9 Å². The van der Waals surface area contributed by atoms with E-state index in [1.165, 1.54) is 4.90 Å². The molecule has 21 heavy (non-hydrogen) atoms. The van der Waals surface area contributed by atoms with Gasteiger partial charge in [0.15, 0.2) is 0 Å². The summed E-state index contributed by atoms with van der Waals surface area (Å²) in [4.78, 5) is 35.9. The maximum absolute atomic E-state index is 11.8. The molecule has 0 spiro atoms. The Kier molecular flexibility index (Phi) is 7.18. The van der Waals surface area contributed by atoms with Gasteiger partial charge in [-0.15, -0.1) is 0 Å². The van der Waals surface area contributed by atoms with Crippen molar-refractivity contribution in [1.82, 2.24) is 10.2 Å². The molecule has 0 fully saturated rings. The Balaban J connectivity index is 4.49. The number of aliphatic carboxylic acids is 1. The number of carboxylic acids is 1. The Labute approximate surface area is 125 Å². The van der Waals surface area contributed by atoms with Gasteiger partial charge in [0.1, 0.15) is 11.6 Å². The van der Waals surface area contributed by atoms with Gasteiger partial charge in [-0.3, -0.25) is 4.79 Å². The molecule has 0 aliphatic heterocycles. The number of rotatable bonds is 6. The fourth-order valence-electron chi connectivity index (χ4n) is 1.40. The molecule has 7 heteroatoms. The molecule has 2 N–H and O–H groups in total. The number of amides is 2. The van der Waals surface area contributed by atoms with Crippen molar-refractivity contribution in [2.24, 2.45) is 0 Å². The number of ether oxygens (including phenoxy) is 1. The minimum absolute atomic E-state index is 0.0120. The van der Waals surface area contributed by atoms with Gasteiger partial charge in [0.05, 0.1) is 0 Å². The molecule has 0 aromatic heterocycles. The molecule has 0 rings (SSSR count). The number of carbonyl (C=O) groups excluding carboxylic acids is 2. The van der Waals surface area contributed by atoms with Crippen molar-refractivity contribution in [1.29, 1.82) is 0 Å². The third kappa shape index (κ3) is 8.16. The zero-order chi connectivity index (χ0) is 16.8. The highest BCUT2D eigenvalue weighted by Crippen LogP contribution is 2.10. The molecular weight excluding hydrogens is 276 g/mol. The fraction of sp³-hybridized carbons (Fsp3) is 0.786. The lowest BCUT2D eigenvalue weighted by Crippen LogP contribution is -2.48. The molecule has 0 radical (unpaired) electrons. The van der Waals surface area contributed by atoms with E-state index in [0.29, 0.717) is 0 Å². The second-order valence-corrected chi connectivity index (χ2v) is 6.17. The molecule has 0 aliphatic rings. The average Bonchev–Trinajstić information content (AvgIpc) is 2.30.